The fraction of sp³-hybridized carbons (Fsp3) is 0.421. The van der Waals surface area contributed by atoms with Gasteiger partial charge in [0.05, 0.1) is 34.6 Å². The predicted molar refractivity (Wildman–Crippen MR) is 108 cm³/mol. The van der Waals surface area contributed by atoms with Crippen LogP contribution < -0.4 is 10.2 Å². The van der Waals surface area contributed by atoms with E-state index < -0.39 is 11.4 Å². The molecule has 4 rings (SSSR count). The summed E-state index contributed by atoms with van der Waals surface area (Å²) in [6, 6.07) is 3.26. The number of hydrogen-bond donors (Lipinski definition) is 2. The molecule has 0 fully saturated rings. The van der Waals surface area contributed by atoms with Crippen molar-refractivity contribution < 1.29 is 9.50 Å². The second-order valence-electron chi connectivity index (χ2n) is 7.72. The Balaban J connectivity index is 1.83. The average molecular weight is 405 g/mol. The highest BCUT2D eigenvalue weighted by Gasteiger charge is 2.23. The van der Waals surface area contributed by atoms with E-state index >= 15 is 0 Å². The number of aromatic nitrogens is 4. The summed E-state index contributed by atoms with van der Waals surface area (Å²) in [6.07, 6.45) is 2.45. The first-order chi connectivity index (χ1) is 13.3. The number of aliphatic hydroxyl groups is 1. The summed E-state index contributed by atoms with van der Waals surface area (Å²) >= 11 is 6.32. The quantitative estimate of drug-likeness (QED) is 0.694. The number of anilines is 2. The lowest BCUT2D eigenvalue weighted by Gasteiger charge is -2.25. The number of fused-ring (bicyclic) bond motifs is 3. The Kier molecular flexibility index (Phi) is 4.63. The molecule has 2 aromatic heterocycles. The van der Waals surface area contributed by atoms with Crippen LogP contribution in [0.4, 0.5) is 16.3 Å². The molecule has 28 heavy (non-hydrogen) atoms. The van der Waals surface area contributed by atoms with Gasteiger partial charge in [0.25, 0.3) is 0 Å². The predicted octanol–water partition coefficient (Wildman–Crippen LogP) is 3.31. The molecule has 0 saturated carbocycles. The van der Waals surface area contributed by atoms with E-state index in [9.17, 15) is 9.50 Å². The second kappa shape index (κ2) is 6.86. The third-order valence-corrected chi connectivity index (χ3v) is 5.14. The molecule has 148 valence electrons. The van der Waals surface area contributed by atoms with Crippen molar-refractivity contribution in [1.82, 2.24) is 19.5 Å². The lowest BCUT2D eigenvalue weighted by atomic mass is 10.1. The number of rotatable bonds is 4. The number of nitrogens with one attached hydrogen (secondary N) is 1. The summed E-state index contributed by atoms with van der Waals surface area (Å²) in [4.78, 5) is 15.1. The van der Waals surface area contributed by atoms with Crippen LogP contribution in [0, 0.1) is 5.82 Å². The van der Waals surface area contributed by atoms with Crippen molar-refractivity contribution >= 4 is 34.5 Å². The molecule has 0 bridgehead atoms. The lowest BCUT2D eigenvalue weighted by Crippen LogP contribution is -2.35. The summed E-state index contributed by atoms with van der Waals surface area (Å²) in [5, 5.41) is 12.8. The van der Waals surface area contributed by atoms with Crippen LogP contribution in [0.1, 0.15) is 20.3 Å². The van der Waals surface area contributed by atoms with E-state index in [0.29, 0.717) is 27.7 Å². The van der Waals surface area contributed by atoms with Crippen LogP contribution in [0.2, 0.25) is 5.02 Å². The van der Waals surface area contributed by atoms with Crippen LogP contribution in [-0.4, -0.2) is 50.4 Å². The van der Waals surface area contributed by atoms with Crippen molar-refractivity contribution in [3.05, 3.63) is 29.2 Å². The van der Waals surface area contributed by atoms with Gasteiger partial charge in [0.15, 0.2) is 5.82 Å². The minimum absolute atomic E-state index is 0.0929. The van der Waals surface area contributed by atoms with Crippen LogP contribution in [0.25, 0.3) is 22.3 Å². The molecule has 3 aromatic rings. The summed E-state index contributed by atoms with van der Waals surface area (Å²) < 4.78 is 16.9. The number of imidazole rings is 1. The van der Waals surface area contributed by atoms with E-state index in [1.807, 2.05) is 36.4 Å². The maximum atomic E-state index is 14.9. The topological polar surface area (TPSA) is 79.1 Å². The number of hydrogen-bond acceptors (Lipinski definition) is 6. The summed E-state index contributed by atoms with van der Waals surface area (Å²) in [6.45, 7) is 5.24. The normalized spacial score (nSPS) is 14.4. The third kappa shape index (κ3) is 3.27. The first-order valence-corrected chi connectivity index (χ1v) is 9.50. The summed E-state index contributed by atoms with van der Waals surface area (Å²) in [5.74, 6) is 0.662. The molecule has 0 saturated heterocycles. The molecule has 0 aliphatic carbocycles. The molecule has 0 atom stereocenters. The fourth-order valence-electron chi connectivity index (χ4n) is 3.36. The molecule has 0 radical (unpaired) electrons. The van der Waals surface area contributed by atoms with Gasteiger partial charge in [-0.05, 0) is 32.4 Å². The largest absolute Gasteiger partial charge is 0.394 e. The Morgan fingerprint density at radius 2 is 2.07 bits per heavy atom. The van der Waals surface area contributed by atoms with Gasteiger partial charge in [-0.25, -0.2) is 19.3 Å². The van der Waals surface area contributed by atoms with Crippen molar-refractivity contribution in [2.75, 3.05) is 30.4 Å². The highest BCUT2D eigenvalue weighted by Crippen LogP contribution is 2.33. The van der Waals surface area contributed by atoms with Crippen molar-refractivity contribution in [2.45, 2.75) is 32.4 Å². The molecule has 7 nitrogen and oxygen atoms in total. The van der Waals surface area contributed by atoms with E-state index in [0.717, 1.165) is 31.0 Å². The minimum atomic E-state index is -0.602. The van der Waals surface area contributed by atoms with Crippen LogP contribution in [-0.2, 0) is 6.54 Å². The fourth-order valence-corrected chi connectivity index (χ4v) is 3.56. The number of benzene rings is 1. The molecule has 2 N–H and O–H groups in total. The van der Waals surface area contributed by atoms with Crippen LogP contribution in [0.5, 0.6) is 0 Å². The Labute approximate surface area is 167 Å². The minimum Gasteiger partial charge on any atom is -0.394 e. The van der Waals surface area contributed by atoms with Crippen LogP contribution in [0.3, 0.4) is 0 Å². The molecule has 3 heterocycles. The zero-order valence-corrected chi connectivity index (χ0v) is 16.8. The van der Waals surface area contributed by atoms with Crippen LogP contribution >= 0.6 is 11.6 Å². The molecule has 0 unspecified atom stereocenters. The Bertz CT molecular complexity index is 1050. The first-order valence-electron chi connectivity index (χ1n) is 9.12. The standard InChI is InChI=1S/C19H22ClFN6O/c1-19(2,10-28)25-17-22-9-12(20)15(23-17)11-7-13(21)16-14(8-11)27-6-4-5-26(3)18(27)24-16/h7-9,28H,4-6,10H2,1-3H3,(H,22,23,25). The lowest BCUT2D eigenvalue weighted by molar-refractivity contribution is 0.233. The highest BCUT2D eigenvalue weighted by atomic mass is 35.5. The highest BCUT2D eigenvalue weighted by molar-refractivity contribution is 6.33. The zero-order valence-electron chi connectivity index (χ0n) is 16.0. The molecular weight excluding hydrogens is 383 g/mol. The Hall–Kier alpha value is -2.45. The van der Waals surface area contributed by atoms with Gasteiger partial charge in [0.2, 0.25) is 11.9 Å². The van der Waals surface area contributed by atoms with E-state index in [2.05, 4.69) is 20.3 Å². The molecule has 1 aromatic carbocycles. The van der Waals surface area contributed by atoms with Gasteiger partial charge < -0.3 is 19.9 Å². The number of aryl methyl sites for hydroxylation is 1. The zero-order chi connectivity index (χ0) is 20.1. The van der Waals surface area contributed by atoms with E-state index in [-0.39, 0.29) is 6.61 Å². The smallest absolute Gasteiger partial charge is 0.223 e. The molecule has 0 amide bonds. The van der Waals surface area contributed by atoms with E-state index in [1.165, 1.54) is 12.3 Å². The second-order valence-corrected chi connectivity index (χ2v) is 8.13. The van der Waals surface area contributed by atoms with Gasteiger partial charge in [0, 0.05) is 25.7 Å². The Morgan fingerprint density at radius 1 is 1.29 bits per heavy atom. The number of aliphatic hydroxyl groups excluding tert-OH is 1. The molecule has 1 aliphatic rings. The monoisotopic (exact) mass is 404 g/mol. The molecule has 0 spiro atoms. The summed E-state index contributed by atoms with van der Waals surface area (Å²) in [5.41, 5.74) is 1.44. The number of nitrogens with zero attached hydrogens (tertiary/aromatic N) is 5. The first kappa shape index (κ1) is 18.9. The Morgan fingerprint density at radius 3 is 2.82 bits per heavy atom. The average Bonchev–Trinajstić information content (AvgIpc) is 3.04. The van der Waals surface area contributed by atoms with Gasteiger partial charge in [-0.15, -0.1) is 0 Å². The van der Waals surface area contributed by atoms with Crippen molar-refractivity contribution in [1.29, 1.82) is 0 Å². The van der Waals surface area contributed by atoms with Gasteiger partial charge in [0.1, 0.15) is 5.52 Å². The molecule has 9 heteroatoms. The SMILES string of the molecule is CN1CCCn2c1nc1c(F)cc(-c3nc(NC(C)(C)CO)ncc3Cl)cc12. The maximum absolute atomic E-state index is 14.9. The van der Waals surface area contributed by atoms with Gasteiger partial charge in [-0.2, -0.15) is 0 Å². The van der Waals surface area contributed by atoms with E-state index in [1.54, 1.807) is 0 Å². The van der Waals surface area contributed by atoms with Crippen molar-refractivity contribution in [2.24, 2.45) is 0 Å². The summed E-state index contributed by atoms with van der Waals surface area (Å²) in [7, 11) is 1.96. The van der Waals surface area contributed by atoms with Crippen LogP contribution in [0.15, 0.2) is 18.3 Å². The maximum Gasteiger partial charge on any atom is 0.223 e. The third-order valence-electron chi connectivity index (χ3n) is 4.87. The molecule has 1 aliphatic heterocycles. The van der Waals surface area contributed by atoms with Crippen molar-refractivity contribution in [3.8, 4) is 11.3 Å². The van der Waals surface area contributed by atoms with Crippen molar-refractivity contribution in [3.63, 3.8) is 0 Å². The van der Waals surface area contributed by atoms with Gasteiger partial charge >= 0.3 is 0 Å². The van der Waals surface area contributed by atoms with E-state index in [4.69, 9.17) is 11.6 Å². The number of halogens is 2. The molecular formula is C19H22ClFN6O. The van der Waals surface area contributed by atoms with Gasteiger partial charge in [-0.1, -0.05) is 11.6 Å². The van der Waals surface area contributed by atoms with Gasteiger partial charge in [-0.3, -0.25) is 0 Å².